The summed E-state index contributed by atoms with van der Waals surface area (Å²) in [5, 5.41) is 1.56. The lowest BCUT2D eigenvalue weighted by Crippen LogP contribution is -1.95. The number of hydrogen-bond acceptors (Lipinski definition) is 1. The van der Waals surface area contributed by atoms with E-state index in [4.69, 9.17) is 5.73 Å². The highest BCUT2D eigenvalue weighted by molar-refractivity contribution is 5.91. The van der Waals surface area contributed by atoms with Crippen molar-refractivity contribution < 1.29 is 4.39 Å². The highest BCUT2D eigenvalue weighted by atomic mass is 19.1. The van der Waals surface area contributed by atoms with Gasteiger partial charge in [-0.25, -0.2) is 4.39 Å². The fraction of sp³-hybridized carbons (Fsp3) is 0.185. The summed E-state index contributed by atoms with van der Waals surface area (Å²) >= 11 is 0. The van der Waals surface area contributed by atoms with Gasteiger partial charge in [0.2, 0.25) is 0 Å². The normalized spacial score (nSPS) is 11.1. The molecular weight excluding hydrogens is 357 g/mol. The van der Waals surface area contributed by atoms with Crippen LogP contribution in [0.2, 0.25) is 0 Å². The summed E-state index contributed by atoms with van der Waals surface area (Å²) in [5.74, 6) is -0.176. The third-order valence-electron chi connectivity index (χ3n) is 5.56. The minimum absolute atomic E-state index is 0.176. The topological polar surface area (TPSA) is 26.0 Å². The largest absolute Gasteiger partial charge is 0.326 e. The van der Waals surface area contributed by atoms with E-state index in [1.807, 2.05) is 48.5 Å². The average Bonchev–Trinajstić information content (AvgIpc) is 2.78. The molecule has 2 N–H and O–H groups in total. The smallest absolute Gasteiger partial charge is 0.138 e. The fourth-order valence-electron chi connectivity index (χ4n) is 3.76. The first kappa shape index (κ1) is 19.4. The Hall–Kier alpha value is -2.97. The third-order valence-corrected chi connectivity index (χ3v) is 5.56. The molecule has 0 fully saturated rings. The van der Waals surface area contributed by atoms with Crippen LogP contribution >= 0.6 is 0 Å². The van der Waals surface area contributed by atoms with Crippen molar-refractivity contribution in [3.63, 3.8) is 0 Å². The van der Waals surface area contributed by atoms with Crippen molar-refractivity contribution >= 4 is 10.8 Å². The first-order chi connectivity index (χ1) is 14.2. The number of fused-ring (bicyclic) bond motifs is 1. The summed E-state index contributed by atoms with van der Waals surface area (Å²) in [7, 11) is 0. The minimum atomic E-state index is -0.176. The lowest BCUT2D eigenvalue weighted by Gasteiger charge is -2.10. The Labute approximate surface area is 172 Å². The molecule has 0 saturated carbocycles. The molecular formula is C27H26FN. The monoisotopic (exact) mass is 383 g/mol. The Bertz CT molecular complexity index is 1110. The molecule has 4 aromatic rings. The number of rotatable bonds is 6. The second kappa shape index (κ2) is 8.59. The van der Waals surface area contributed by atoms with Crippen LogP contribution in [0, 0.1) is 5.82 Å². The van der Waals surface area contributed by atoms with Gasteiger partial charge in [-0.1, -0.05) is 86.1 Å². The van der Waals surface area contributed by atoms with E-state index in [2.05, 4.69) is 37.3 Å². The highest BCUT2D eigenvalue weighted by Crippen LogP contribution is 2.32. The van der Waals surface area contributed by atoms with Gasteiger partial charge in [-0.05, 0) is 52.1 Å². The van der Waals surface area contributed by atoms with Gasteiger partial charge in [0.15, 0.2) is 0 Å². The Morgan fingerprint density at radius 2 is 1.38 bits per heavy atom. The van der Waals surface area contributed by atoms with Crippen molar-refractivity contribution in [3.05, 3.63) is 95.8 Å². The third kappa shape index (κ3) is 4.08. The predicted octanol–water partition coefficient (Wildman–Crippen LogP) is 7.11. The standard InChI is InChI=1S/C27H26FN/c1-2-3-4-19-5-9-21(10-6-19)23-13-15-26-24(17-23)14-16-25(27(26)28)22-11-7-20(18-29)8-12-22/h5-17H,2-4,18,29H2,1H3. The van der Waals surface area contributed by atoms with Crippen LogP contribution in [0.4, 0.5) is 4.39 Å². The van der Waals surface area contributed by atoms with Crippen LogP contribution in [0.3, 0.4) is 0 Å². The Morgan fingerprint density at radius 3 is 2.07 bits per heavy atom. The maximum absolute atomic E-state index is 15.2. The second-order valence-electron chi connectivity index (χ2n) is 7.56. The summed E-state index contributed by atoms with van der Waals surface area (Å²) in [6.45, 7) is 2.70. The number of nitrogens with two attached hydrogens (primary N) is 1. The van der Waals surface area contributed by atoms with E-state index in [0.29, 0.717) is 17.5 Å². The fourth-order valence-corrected chi connectivity index (χ4v) is 3.76. The lowest BCUT2D eigenvalue weighted by molar-refractivity contribution is 0.643. The number of halogens is 1. The molecule has 0 spiro atoms. The van der Waals surface area contributed by atoms with Crippen molar-refractivity contribution in [1.82, 2.24) is 0 Å². The SMILES string of the molecule is CCCCc1ccc(-c2ccc3c(F)c(-c4ccc(CN)cc4)ccc3c2)cc1. The molecule has 29 heavy (non-hydrogen) atoms. The van der Waals surface area contributed by atoms with Gasteiger partial charge < -0.3 is 5.73 Å². The Balaban J connectivity index is 1.66. The summed E-state index contributed by atoms with van der Waals surface area (Å²) < 4.78 is 15.2. The molecule has 2 heteroatoms. The first-order valence-electron chi connectivity index (χ1n) is 10.3. The van der Waals surface area contributed by atoms with Crippen molar-refractivity contribution in [2.75, 3.05) is 0 Å². The second-order valence-corrected chi connectivity index (χ2v) is 7.56. The molecule has 1 nitrogen and oxygen atoms in total. The van der Waals surface area contributed by atoms with E-state index < -0.39 is 0 Å². The summed E-state index contributed by atoms with van der Waals surface area (Å²) in [5.41, 5.74) is 11.8. The molecule has 146 valence electrons. The number of aryl methyl sites for hydroxylation is 1. The van der Waals surface area contributed by atoms with Crippen molar-refractivity contribution in [2.24, 2.45) is 5.73 Å². The zero-order valence-electron chi connectivity index (χ0n) is 16.8. The Morgan fingerprint density at radius 1 is 0.724 bits per heavy atom. The van der Waals surface area contributed by atoms with E-state index in [-0.39, 0.29) is 5.82 Å². The zero-order chi connectivity index (χ0) is 20.2. The summed E-state index contributed by atoms with van der Waals surface area (Å²) in [4.78, 5) is 0. The van der Waals surface area contributed by atoms with Crippen LogP contribution in [0.5, 0.6) is 0 Å². The van der Waals surface area contributed by atoms with Gasteiger partial charge in [0.25, 0.3) is 0 Å². The molecule has 0 bridgehead atoms. The average molecular weight is 384 g/mol. The molecule has 0 aliphatic rings. The molecule has 0 saturated heterocycles. The molecule has 0 unspecified atom stereocenters. The molecule has 0 aliphatic heterocycles. The molecule has 0 aliphatic carbocycles. The zero-order valence-corrected chi connectivity index (χ0v) is 16.8. The van der Waals surface area contributed by atoms with Gasteiger partial charge in [0, 0.05) is 17.5 Å². The van der Waals surface area contributed by atoms with Crippen LogP contribution in [0.25, 0.3) is 33.0 Å². The molecule has 4 rings (SSSR count). The Kier molecular flexibility index (Phi) is 5.73. The maximum Gasteiger partial charge on any atom is 0.138 e. The van der Waals surface area contributed by atoms with Crippen molar-refractivity contribution in [1.29, 1.82) is 0 Å². The van der Waals surface area contributed by atoms with Gasteiger partial charge in [0.05, 0.1) is 0 Å². The van der Waals surface area contributed by atoms with Gasteiger partial charge in [0.1, 0.15) is 5.82 Å². The van der Waals surface area contributed by atoms with Gasteiger partial charge in [-0.15, -0.1) is 0 Å². The van der Waals surface area contributed by atoms with Gasteiger partial charge in [-0.3, -0.25) is 0 Å². The summed E-state index contributed by atoms with van der Waals surface area (Å²) in [6.07, 6.45) is 3.54. The maximum atomic E-state index is 15.2. The van der Waals surface area contributed by atoms with Crippen LogP contribution in [0.15, 0.2) is 78.9 Å². The van der Waals surface area contributed by atoms with Crippen molar-refractivity contribution in [3.8, 4) is 22.3 Å². The van der Waals surface area contributed by atoms with Gasteiger partial charge in [-0.2, -0.15) is 0 Å². The van der Waals surface area contributed by atoms with E-state index >= 15 is 4.39 Å². The molecule has 0 aromatic heterocycles. The first-order valence-corrected chi connectivity index (χ1v) is 10.3. The molecule has 0 atom stereocenters. The highest BCUT2D eigenvalue weighted by Gasteiger charge is 2.10. The van der Waals surface area contributed by atoms with Crippen LogP contribution < -0.4 is 5.73 Å². The predicted molar refractivity (Wildman–Crippen MR) is 121 cm³/mol. The van der Waals surface area contributed by atoms with E-state index in [0.717, 1.165) is 34.1 Å². The molecule has 0 amide bonds. The molecule has 4 aromatic carbocycles. The number of hydrogen-bond donors (Lipinski definition) is 1. The quantitative estimate of drug-likeness (QED) is 0.377. The van der Waals surface area contributed by atoms with E-state index in [1.54, 1.807) is 0 Å². The van der Waals surface area contributed by atoms with Gasteiger partial charge >= 0.3 is 0 Å². The lowest BCUT2D eigenvalue weighted by atomic mass is 9.96. The molecule has 0 radical (unpaired) electrons. The minimum Gasteiger partial charge on any atom is -0.326 e. The number of benzene rings is 4. The van der Waals surface area contributed by atoms with Crippen LogP contribution in [-0.4, -0.2) is 0 Å². The molecule has 0 heterocycles. The van der Waals surface area contributed by atoms with E-state index in [1.165, 1.54) is 18.4 Å². The van der Waals surface area contributed by atoms with Crippen LogP contribution in [0.1, 0.15) is 30.9 Å². The van der Waals surface area contributed by atoms with Crippen molar-refractivity contribution in [2.45, 2.75) is 32.7 Å². The summed E-state index contributed by atoms with van der Waals surface area (Å²) in [6, 6.07) is 26.3. The number of unbranched alkanes of at least 4 members (excludes halogenated alkanes) is 1. The van der Waals surface area contributed by atoms with Crippen LogP contribution in [-0.2, 0) is 13.0 Å². The van der Waals surface area contributed by atoms with E-state index in [9.17, 15) is 0 Å².